The van der Waals surface area contributed by atoms with Crippen LogP contribution < -0.4 is 16.4 Å². The topological polar surface area (TPSA) is 93.5 Å². The molecule has 0 aromatic heterocycles. The summed E-state index contributed by atoms with van der Waals surface area (Å²) in [5.41, 5.74) is 5.73. The fourth-order valence-electron chi connectivity index (χ4n) is 2.52. The predicted molar refractivity (Wildman–Crippen MR) is 88.8 cm³/mol. The molecule has 0 radical (unpaired) electrons. The summed E-state index contributed by atoms with van der Waals surface area (Å²) in [4.78, 5) is 23.7. The Balaban J connectivity index is 0.00000441. The number of halogens is 1. The number of carbonyl (C=O) groups is 2. The van der Waals surface area contributed by atoms with Crippen molar-refractivity contribution < 1.29 is 14.3 Å². The van der Waals surface area contributed by atoms with E-state index in [0.29, 0.717) is 5.92 Å². The largest absolute Gasteiger partial charge is 0.381 e. The minimum absolute atomic E-state index is 0. The molecular formula is C15H30ClN3O3. The summed E-state index contributed by atoms with van der Waals surface area (Å²) in [6.45, 7) is 7.33. The maximum atomic E-state index is 12.0. The molecule has 1 heterocycles. The number of ether oxygens (including phenoxy) is 1. The molecular weight excluding hydrogens is 306 g/mol. The van der Waals surface area contributed by atoms with Gasteiger partial charge in [-0.15, -0.1) is 12.4 Å². The highest BCUT2D eigenvalue weighted by Crippen LogP contribution is 2.20. The molecule has 2 amide bonds. The zero-order valence-corrected chi connectivity index (χ0v) is 14.6. The average molecular weight is 336 g/mol. The van der Waals surface area contributed by atoms with Crippen LogP contribution in [0.1, 0.15) is 40.0 Å². The van der Waals surface area contributed by atoms with Crippen molar-refractivity contribution in [3.63, 3.8) is 0 Å². The maximum Gasteiger partial charge on any atom is 0.239 e. The zero-order chi connectivity index (χ0) is 15.8. The van der Waals surface area contributed by atoms with E-state index in [1.165, 1.54) is 0 Å². The van der Waals surface area contributed by atoms with Crippen molar-refractivity contribution in [2.24, 2.45) is 17.6 Å². The molecule has 1 aliphatic rings. The van der Waals surface area contributed by atoms with E-state index in [1.807, 2.05) is 13.8 Å². The number of hydrogen-bond acceptors (Lipinski definition) is 4. The first-order valence-electron chi connectivity index (χ1n) is 7.86. The van der Waals surface area contributed by atoms with Gasteiger partial charge in [-0.1, -0.05) is 20.8 Å². The van der Waals surface area contributed by atoms with Crippen LogP contribution in [0.2, 0.25) is 0 Å². The lowest BCUT2D eigenvalue weighted by Gasteiger charge is -2.30. The Labute approximate surface area is 139 Å². The molecule has 0 aliphatic carbocycles. The summed E-state index contributed by atoms with van der Waals surface area (Å²) in [5, 5.41) is 5.61. The smallest absolute Gasteiger partial charge is 0.239 e. The van der Waals surface area contributed by atoms with Gasteiger partial charge in [-0.3, -0.25) is 9.59 Å². The standard InChI is InChI=1S/C15H29N3O3.ClH/c1-4-12(11-5-7-21-8-6-11)18-13(19)9-17-15(20)14(16)10(2)3;/h10-12,14H,4-9,16H2,1-3H3,(H,17,20)(H,18,19);1H/t12?,14-;/m0./s1. The summed E-state index contributed by atoms with van der Waals surface area (Å²) in [6.07, 6.45) is 2.84. The molecule has 130 valence electrons. The lowest BCUT2D eigenvalue weighted by molar-refractivity contribution is -0.128. The molecule has 6 nitrogen and oxygen atoms in total. The molecule has 1 saturated heterocycles. The van der Waals surface area contributed by atoms with Gasteiger partial charge >= 0.3 is 0 Å². The molecule has 0 saturated carbocycles. The van der Waals surface area contributed by atoms with Gasteiger partial charge in [0.1, 0.15) is 0 Å². The number of rotatable bonds is 7. The van der Waals surface area contributed by atoms with Crippen molar-refractivity contribution in [1.82, 2.24) is 10.6 Å². The highest BCUT2D eigenvalue weighted by Gasteiger charge is 2.24. The second-order valence-corrected chi connectivity index (χ2v) is 6.02. The Morgan fingerprint density at radius 1 is 1.27 bits per heavy atom. The lowest BCUT2D eigenvalue weighted by atomic mass is 9.90. The highest BCUT2D eigenvalue weighted by atomic mass is 35.5. The molecule has 0 spiro atoms. The van der Waals surface area contributed by atoms with Gasteiger partial charge in [0.25, 0.3) is 0 Å². The van der Waals surface area contributed by atoms with Crippen LogP contribution in [0.25, 0.3) is 0 Å². The van der Waals surface area contributed by atoms with Crippen molar-refractivity contribution in [3.8, 4) is 0 Å². The molecule has 22 heavy (non-hydrogen) atoms. The molecule has 1 aliphatic heterocycles. The van der Waals surface area contributed by atoms with Gasteiger partial charge in [0.15, 0.2) is 0 Å². The molecule has 7 heteroatoms. The lowest BCUT2D eigenvalue weighted by Crippen LogP contribution is -2.49. The Morgan fingerprint density at radius 2 is 1.86 bits per heavy atom. The number of amides is 2. The van der Waals surface area contributed by atoms with Crippen LogP contribution >= 0.6 is 12.4 Å². The van der Waals surface area contributed by atoms with E-state index in [0.717, 1.165) is 32.5 Å². The third kappa shape index (κ3) is 6.94. The number of nitrogens with two attached hydrogens (primary N) is 1. The predicted octanol–water partition coefficient (Wildman–Crippen LogP) is 0.829. The van der Waals surface area contributed by atoms with Crippen molar-refractivity contribution in [3.05, 3.63) is 0 Å². The average Bonchev–Trinajstić information content (AvgIpc) is 2.50. The third-order valence-electron chi connectivity index (χ3n) is 4.07. The van der Waals surface area contributed by atoms with E-state index in [1.54, 1.807) is 0 Å². The molecule has 0 aromatic carbocycles. The molecule has 4 N–H and O–H groups in total. The molecule has 0 aromatic rings. The minimum Gasteiger partial charge on any atom is -0.381 e. The Hall–Kier alpha value is -0.850. The first kappa shape index (κ1) is 21.1. The summed E-state index contributed by atoms with van der Waals surface area (Å²) in [7, 11) is 0. The Morgan fingerprint density at radius 3 is 2.36 bits per heavy atom. The maximum absolute atomic E-state index is 12.0. The van der Waals surface area contributed by atoms with E-state index in [2.05, 4.69) is 17.6 Å². The van der Waals surface area contributed by atoms with Gasteiger partial charge in [0.2, 0.25) is 11.8 Å². The fourth-order valence-corrected chi connectivity index (χ4v) is 2.52. The Bertz CT molecular complexity index is 347. The molecule has 2 atom stereocenters. The van der Waals surface area contributed by atoms with E-state index in [9.17, 15) is 9.59 Å². The molecule has 1 fully saturated rings. The van der Waals surface area contributed by atoms with E-state index >= 15 is 0 Å². The SMILES string of the molecule is CCC(NC(=O)CNC(=O)[C@@H](N)C(C)C)C1CCOCC1.Cl. The van der Waals surface area contributed by atoms with Crippen LogP contribution in [0, 0.1) is 11.8 Å². The van der Waals surface area contributed by atoms with Crippen LogP contribution in [0.15, 0.2) is 0 Å². The molecule has 0 bridgehead atoms. The van der Waals surface area contributed by atoms with Crippen LogP contribution in [0.3, 0.4) is 0 Å². The number of nitrogens with one attached hydrogen (secondary N) is 2. The third-order valence-corrected chi connectivity index (χ3v) is 4.07. The van der Waals surface area contributed by atoms with Crippen LogP contribution in [0.5, 0.6) is 0 Å². The van der Waals surface area contributed by atoms with Gasteiger partial charge in [0.05, 0.1) is 12.6 Å². The second kappa shape index (κ2) is 10.8. The fraction of sp³-hybridized carbons (Fsp3) is 0.867. The molecule has 1 rings (SSSR count). The monoisotopic (exact) mass is 335 g/mol. The summed E-state index contributed by atoms with van der Waals surface area (Å²) in [5.74, 6) is 0.0805. The van der Waals surface area contributed by atoms with Crippen LogP contribution in [-0.2, 0) is 14.3 Å². The first-order chi connectivity index (χ1) is 9.95. The van der Waals surface area contributed by atoms with E-state index < -0.39 is 6.04 Å². The quantitative estimate of drug-likeness (QED) is 0.642. The highest BCUT2D eigenvalue weighted by molar-refractivity contribution is 5.87. The van der Waals surface area contributed by atoms with Crippen LogP contribution in [-0.4, -0.2) is 43.7 Å². The van der Waals surface area contributed by atoms with Gasteiger partial charge in [0, 0.05) is 19.3 Å². The van der Waals surface area contributed by atoms with Crippen LogP contribution in [0.4, 0.5) is 0 Å². The first-order valence-corrected chi connectivity index (χ1v) is 7.86. The second-order valence-electron chi connectivity index (χ2n) is 6.02. The van der Waals surface area contributed by atoms with Crippen molar-refractivity contribution >= 4 is 24.2 Å². The zero-order valence-electron chi connectivity index (χ0n) is 13.8. The van der Waals surface area contributed by atoms with E-state index in [4.69, 9.17) is 10.5 Å². The number of hydrogen-bond donors (Lipinski definition) is 3. The summed E-state index contributed by atoms with van der Waals surface area (Å²) >= 11 is 0. The Kier molecular flexibility index (Phi) is 10.4. The minimum atomic E-state index is -0.574. The summed E-state index contributed by atoms with van der Waals surface area (Å²) < 4.78 is 5.34. The van der Waals surface area contributed by atoms with Crippen molar-refractivity contribution in [2.75, 3.05) is 19.8 Å². The van der Waals surface area contributed by atoms with Gasteiger partial charge in [-0.2, -0.15) is 0 Å². The van der Waals surface area contributed by atoms with Gasteiger partial charge < -0.3 is 21.1 Å². The van der Waals surface area contributed by atoms with Gasteiger partial charge in [-0.05, 0) is 31.1 Å². The molecule has 1 unspecified atom stereocenters. The summed E-state index contributed by atoms with van der Waals surface area (Å²) in [6, 6.07) is -0.424. The van der Waals surface area contributed by atoms with Crippen molar-refractivity contribution in [1.29, 1.82) is 0 Å². The van der Waals surface area contributed by atoms with E-state index in [-0.39, 0.29) is 42.7 Å². The number of carbonyl (C=O) groups excluding carboxylic acids is 2. The van der Waals surface area contributed by atoms with Crippen molar-refractivity contribution in [2.45, 2.75) is 52.1 Å². The normalized spacial score (nSPS) is 18.2. The van der Waals surface area contributed by atoms with Gasteiger partial charge in [-0.25, -0.2) is 0 Å².